The summed E-state index contributed by atoms with van der Waals surface area (Å²) >= 11 is 0. The average molecular weight is 225 g/mol. The zero-order chi connectivity index (χ0) is 12.4. The molecule has 0 fully saturated rings. The molecule has 0 aromatic rings. The van der Waals surface area contributed by atoms with Crippen LogP contribution >= 0.6 is 0 Å². The van der Waals surface area contributed by atoms with Gasteiger partial charge < -0.3 is 0 Å². The lowest BCUT2D eigenvalue weighted by atomic mass is 9.93. The van der Waals surface area contributed by atoms with Gasteiger partial charge in [0.25, 0.3) is 0 Å². The minimum Gasteiger partial charge on any atom is -0.299 e. The van der Waals surface area contributed by atoms with Crippen molar-refractivity contribution in [3.63, 3.8) is 0 Å². The number of unbranched alkanes of at least 4 members (excludes halogenated alkanes) is 6. The Labute approximate surface area is 99.8 Å². The van der Waals surface area contributed by atoms with Gasteiger partial charge in [-0.15, -0.1) is 0 Å². The minimum atomic E-state index is -0.0570. The van der Waals surface area contributed by atoms with Crippen molar-refractivity contribution in [3.8, 4) is 0 Å². The molecule has 0 aromatic heterocycles. The van der Waals surface area contributed by atoms with Crippen LogP contribution in [0.15, 0.2) is 0 Å². The lowest BCUT2D eigenvalue weighted by molar-refractivity contribution is -0.122. The molecule has 0 spiro atoms. The largest absolute Gasteiger partial charge is 0.299 e. The Kier molecular flexibility index (Phi) is 9.16. The van der Waals surface area contributed by atoms with Crippen LogP contribution in [0.1, 0.15) is 72.1 Å². The standard InChI is InChI=1S/C14H25O2/c1-4-5-6-7-8-9-10-11-14(12(2)15)13(3)16/h4-11H2,1-3H3. The molecule has 0 rings (SSSR count). The van der Waals surface area contributed by atoms with Crippen LogP contribution in [0.4, 0.5) is 0 Å². The molecule has 0 bridgehead atoms. The predicted molar refractivity (Wildman–Crippen MR) is 67.2 cm³/mol. The molecule has 0 amide bonds. The van der Waals surface area contributed by atoms with Gasteiger partial charge in [0.15, 0.2) is 0 Å². The molecule has 16 heavy (non-hydrogen) atoms. The Balaban J connectivity index is 3.48. The highest BCUT2D eigenvalue weighted by Crippen LogP contribution is 2.16. The third-order valence-electron chi connectivity index (χ3n) is 2.88. The Bertz CT molecular complexity index is 195. The van der Waals surface area contributed by atoms with Crippen LogP contribution in [-0.4, -0.2) is 11.6 Å². The molecule has 0 aliphatic heterocycles. The van der Waals surface area contributed by atoms with Crippen molar-refractivity contribution in [3.05, 3.63) is 5.92 Å². The summed E-state index contributed by atoms with van der Waals surface area (Å²) in [7, 11) is 0. The fourth-order valence-corrected chi connectivity index (χ4v) is 1.86. The minimum absolute atomic E-state index is 0.0570. The van der Waals surface area contributed by atoms with E-state index in [0.29, 0.717) is 12.3 Å². The molecular formula is C14H25O2. The summed E-state index contributed by atoms with van der Waals surface area (Å²) in [5.41, 5.74) is 0. The zero-order valence-electron chi connectivity index (χ0n) is 11.0. The maximum atomic E-state index is 11.1. The van der Waals surface area contributed by atoms with Gasteiger partial charge in [0.05, 0.1) is 0 Å². The predicted octanol–water partition coefficient (Wildman–Crippen LogP) is 3.88. The second kappa shape index (κ2) is 9.56. The molecule has 2 heteroatoms. The Morgan fingerprint density at radius 2 is 1.19 bits per heavy atom. The summed E-state index contributed by atoms with van der Waals surface area (Å²) in [6.07, 6.45) is 9.18. The second-order valence-corrected chi connectivity index (χ2v) is 4.46. The van der Waals surface area contributed by atoms with E-state index in [1.54, 1.807) is 0 Å². The molecule has 0 atom stereocenters. The topological polar surface area (TPSA) is 34.1 Å². The van der Waals surface area contributed by atoms with Gasteiger partial charge in [-0.1, -0.05) is 51.9 Å². The quantitative estimate of drug-likeness (QED) is 0.417. The first kappa shape index (κ1) is 15.3. The van der Waals surface area contributed by atoms with Crippen molar-refractivity contribution in [2.45, 2.75) is 72.1 Å². The maximum Gasteiger partial charge on any atom is 0.144 e. The molecule has 93 valence electrons. The van der Waals surface area contributed by atoms with E-state index in [1.165, 1.54) is 46.0 Å². The number of hydrogen-bond donors (Lipinski definition) is 0. The molecule has 1 radical (unpaired) electrons. The third kappa shape index (κ3) is 7.61. The van der Waals surface area contributed by atoms with Crippen LogP contribution in [0, 0.1) is 5.92 Å². The van der Waals surface area contributed by atoms with Gasteiger partial charge in [0.1, 0.15) is 17.5 Å². The van der Waals surface area contributed by atoms with E-state index < -0.39 is 0 Å². The third-order valence-corrected chi connectivity index (χ3v) is 2.88. The van der Waals surface area contributed by atoms with Crippen LogP contribution in [-0.2, 0) is 9.59 Å². The monoisotopic (exact) mass is 225 g/mol. The highest BCUT2D eigenvalue weighted by Gasteiger charge is 2.19. The first-order valence-corrected chi connectivity index (χ1v) is 6.47. The van der Waals surface area contributed by atoms with E-state index >= 15 is 0 Å². The molecule has 0 aliphatic carbocycles. The summed E-state index contributed by atoms with van der Waals surface area (Å²) < 4.78 is 0. The van der Waals surface area contributed by atoms with Gasteiger partial charge in [0, 0.05) is 0 Å². The number of hydrogen-bond acceptors (Lipinski definition) is 2. The smallest absolute Gasteiger partial charge is 0.144 e. The van der Waals surface area contributed by atoms with Gasteiger partial charge in [-0.05, 0) is 20.3 Å². The zero-order valence-corrected chi connectivity index (χ0v) is 11.0. The van der Waals surface area contributed by atoms with Gasteiger partial charge in [-0.3, -0.25) is 9.59 Å². The van der Waals surface area contributed by atoms with E-state index in [2.05, 4.69) is 6.92 Å². The Morgan fingerprint density at radius 1 is 0.750 bits per heavy atom. The fraction of sp³-hybridized carbons (Fsp3) is 0.786. The van der Waals surface area contributed by atoms with Crippen LogP contribution in [0.5, 0.6) is 0 Å². The molecule has 0 saturated carbocycles. The molecule has 0 heterocycles. The van der Waals surface area contributed by atoms with Crippen LogP contribution in [0.2, 0.25) is 0 Å². The first-order chi connectivity index (χ1) is 7.59. The fourth-order valence-electron chi connectivity index (χ4n) is 1.86. The highest BCUT2D eigenvalue weighted by atomic mass is 16.1. The first-order valence-electron chi connectivity index (χ1n) is 6.47. The van der Waals surface area contributed by atoms with Gasteiger partial charge >= 0.3 is 0 Å². The van der Waals surface area contributed by atoms with Gasteiger partial charge in [-0.2, -0.15) is 0 Å². The number of rotatable bonds is 10. The van der Waals surface area contributed by atoms with E-state index in [1.807, 2.05) is 0 Å². The van der Waals surface area contributed by atoms with Crippen molar-refractivity contribution in [2.75, 3.05) is 0 Å². The van der Waals surface area contributed by atoms with Gasteiger partial charge in [-0.25, -0.2) is 0 Å². The van der Waals surface area contributed by atoms with Crippen molar-refractivity contribution in [1.29, 1.82) is 0 Å². The van der Waals surface area contributed by atoms with Crippen molar-refractivity contribution in [2.24, 2.45) is 0 Å². The average Bonchev–Trinajstić information content (AvgIpc) is 2.21. The number of carbonyl (C=O) groups excluding carboxylic acids is 2. The SMILES string of the molecule is CCCCCCCCC[C](C(C)=O)C(C)=O. The summed E-state index contributed by atoms with van der Waals surface area (Å²) in [5, 5.41) is 0. The van der Waals surface area contributed by atoms with Crippen molar-refractivity contribution < 1.29 is 9.59 Å². The number of ketones is 2. The summed E-state index contributed by atoms with van der Waals surface area (Å²) in [6.45, 7) is 5.18. The van der Waals surface area contributed by atoms with Crippen molar-refractivity contribution >= 4 is 11.6 Å². The molecular weight excluding hydrogens is 200 g/mol. The summed E-state index contributed by atoms with van der Waals surface area (Å²) in [4.78, 5) is 22.3. The summed E-state index contributed by atoms with van der Waals surface area (Å²) in [5.74, 6) is 0.380. The molecule has 0 saturated heterocycles. The highest BCUT2D eigenvalue weighted by molar-refractivity contribution is 6.14. The molecule has 0 unspecified atom stereocenters. The van der Waals surface area contributed by atoms with Crippen molar-refractivity contribution in [1.82, 2.24) is 0 Å². The molecule has 0 aromatic carbocycles. The Morgan fingerprint density at radius 3 is 1.62 bits per heavy atom. The lowest BCUT2D eigenvalue weighted by Crippen LogP contribution is -2.16. The summed E-state index contributed by atoms with van der Waals surface area (Å²) in [6, 6.07) is 0. The molecule has 0 N–H and O–H groups in total. The van der Waals surface area contributed by atoms with Gasteiger partial charge in [0.2, 0.25) is 0 Å². The van der Waals surface area contributed by atoms with Crippen LogP contribution in [0.25, 0.3) is 0 Å². The number of carbonyl (C=O) groups is 2. The van der Waals surface area contributed by atoms with E-state index in [4.69, 9.17) is 0 Å². The molecule has 2 nitrogen and oxygen atoms in total. The van der Waals surface area contributed by atoms with E-state index in [-0.39, 0.29) is 11.6 Å². The van der Waals surface area contributed by atoms with Crippen LogP contribution in [0.3, 0.4) is 0 Å². The van der Waals surface area contributed by atoms with Crippen LogP contribution < -0.4 is 0 Å². The number of Topliss-reactive ketones (excluding diaryl/α,β-unsaturated/α-hetero) is 2. The van der Waals surface area contributed by atoms with E-state index in [0.717, 1.165) is 12.8 Å². The van der Waals surface area contributed by atoms with E-state index in [9.17, 15) is 9.59 Å². The maximum absolute atomic E-state index is 11.1. The molecule has 0 aliphatic rings. The second-order valence-electron chi connectivity index (χ2n) is 4.46. The Hall–Kier alpha value is -0.660. The lowest BCUT2D eigenvalue weighted by Gasteiger charge is -2.08. The normalized spacial score (nSPS) is 10.8.